The molecule has 1 aromatic carbocycles. The molecule has 2 rings (SSSR count). The zero-order chi connectivity index (χ0) is 13.1. The lowest BCUT2D eigenvalue weighted by Gasteiger charge is -2.04. The highest BCUT2D eigenvalue weighted by molar-refractivity contribution is 6.05. The number of nitrogens with two attached hydrogens (primary N) is 1. The third kappa shape index (κ3) is 2.24. The van der Waals surface area contributed by atoms with Crippen LogP contribution in [0.15, 0.2) is 41.0 Å². The van der Waals surface area contributed by atoms with Crippen LogP contribution in [0.25, 0.3) is 0 Å². The van der Waals surface area contributed by atoms with E-state index in [1.807, 2.05) is 0 Å². The Morgan fingerprint density at radius 3 is 2.39 bits per heavy atom. The molecule has 1 aromatic heterocycles. The van der Waals surface area contributed by atoms with Gasteiger partial charge in [0.05, 0.1) is 11.8 Å². The standard InChI is InChI=1S/C13H11NO4/c1-8-9(6-7-17-8)12(15)18-13(16)10-4-2-3-5-11(10)14/h2-7H,14H2,1H3. The predicted molar refractivity (Wildman–Crippen MR) is 64.0 cm³/mol. The molecule has 0 spiro atoms. The van der Waals surface area contributed by atoms with Crippen LogP contribution in [0, 0.1) is 6.92 Å². The summed E-state index contributed by atoms with van der Waals surface area (Å²) in [5.41, 5.74) is 6.26. The van der Waals surface area contributed by atoms with E-state index in [4.69, 9.17) is 14.9 Å². The molecule has 2 aromatic rings. The molecule has 0 unspecified atom stereocenters. The molecule has 92 valence electrons. The number of hydrogen-bond donors (Lipinski definition) is 1. The number of nitrogen functional groups attached to an aromatic ring is 1. The molecule has 2 N–H and O–H groups in total. The van der Waals surface area contributed by atoms with E-state index in [0.717, 1.165) is 0 Å². The first kappa shape index (κ1) is 11.9. The van der Waals surface area contributed by atoms with Gasteiger partial charge in [-0.25, -0.2) is 9.59 Å². The molecular weight excluding hydrogens is 234 g/mol. The number of carbonyl (C=O) groups is 2. The van der Waals surface area contributed by atoms with E-state index < -0.39 is 11.9 Å². The largest absolute Gasteiger partial charge is 0.469 e. The van der Waals surface area contributed by atoms with Crippen molar-refractivity contribution in [2.24, 2.45) is 0 Å². The molecule has 0 saturated carbocycles. The van der Waals surface area contributed by atoms with Crippen molar-refractivity contribution in [2.45, 2.75) is 6.92 Å². The van der Waals surface area contributed by atoms with Crippen molar-refractivity contribution in [2.75, 3.05) is 5.73 Å². The fraction of sp³-hybridized carbons (Fsp3) is 0.0769. The Morgan fingerprint density at radius 1 is 1.11 bits per heavy atom. The van der Waals surface area contributed by atoms with Gasteiger partial charge < -0.3 is 14.9 Å². The Bertz CT molecular complexity index is 601. The maximum Gasteiger partial charge on any atom is 0.349 e. The van der Waals surface area contributed by atoms with Crippen molar-refractivity contribution in [3.05, 3.63) is 53.5 Å². The van der Waals surface area contributed by atoms with E-state index in [2.05, 4.69) is 0 Å². The van der Waals surface area contributed by atoms with Crippen LogP contribution >= 0.6 is 0 Å². The summed E-state index contributed by atoms with van der Waals surface area (Å²) in [5.74, 6) is -1.14. The number of hydrogen-bond acceptors (Lipinski definition) is 5. The van der Waals surface area contributed by atoms with Crippen molar-refractivity contribution in [3.8, 4) is 0 Å². The molecule has 0 bridgehead atoms. The summed E-state index contributed by atoms with van der Waals surface area (Å²) < 4.78 is 9.68. The Kier molecular flexibility index (Phi) is 3.14. The number of benzene rings is 1. The zero-order valence-electron chi connectivity index (χ0n) is 9.67. The molecule has 0 atom stereocenters. The highest BCUT2D eigenvalue weighted by atomic mass is 16.6. The molecule has 0 aliphatic carbocycles. The normalized spacial score (nSPS) is 10.1. The second-order valence-corrected chi connectivity index (χ2v) is 3.65. The number of carbonyl (C=O) groups excluding carboxylic acids is 2. The van der Waals surface area contributed by atoms with Crippen LogP contribution in [0.5, 0.6) is 0 Å². The zero-order valence-corrected chi connectivity index (χ0v) is 9.67. The summed E-state index contributed by atoms with van der Waals surface area (Å²) in [6.45, 7) is 1.61. The highest BCUT2D eigenvalue weighted by Gasteiger charge is 2.19. The van der Waals surface area contributed by atoms with E-state index in [-0.39, 0.29) is 16.8 Å². The van der Waals surface area contributed by atoms with Crippen LogP contribution in [0.2, 0.25) is 0 Å². The van der Waals surface area contributed by atoms with E-state index in [9.17, 15) is 9.59 Å². The number of aryl methyl sites for hydroxylation is 1. The van der Waals surface area contributed by atoms with Gasteiger partial charge in [-0.1, -0.05) is 12.1 Å². The van der Waals surface area contributed by atoms with Crippen LogP contribution in [0.1, 0.15) is 26.5 Å². The number of para-hydroxylation sites is 1. The van der Waals surface area contributed by atoms with Gasteiger partial charge in [0, 0.05) is 5.69 Å². The highest BCUT2D eigenvalue weighted by Crippen LogP contribution is 2.15. The van der Waals surface area contributed by atoms with Crippen molar-refractivity contribution < 1.29 is 18.7 Å². The topological polar surface area (TPSA) is 82.5 Å². The maximum absolute atomic E-state index is 11.7. The lowest BCUT2D eigenvalue weighted by molar-refractivity contribution is 0.0397. The summed E-state index contributed by atoms with van der Waals surface area (Å²) in [5, 5.41) is 0. The van der Waals surface area contributed by atoms with Gasteiger partial charge >= 0.3 is 11.9 Å². The molecule has 0 aliphatic heterocycles. The minimum atomic E-state index is -0.779. The second kappa shape index (κ2) is 4.75. The fourth-order valence-electron chi connectivity index (χ4n) is 1.47. The number of furan rings is 1. The Morgan fingerprint density at radius 2 is 1.78 bits per heavy atom. The Balaban J connectivity index is 2.16. The average Bonchev–Trinajstić information content (AvgIpc) is 2.76. The first-order valence-corrected chi connectivity index (χ1v) is 5.24. The smallest absolute Gasteiger partial charge is 0.349 e. The van der Waals surface area contributed by atoms with Crippen LogP contribution in [0.3, 0.4) is 0 Å². The van der Waals surface area contributed by atoms with E-state index >= 15 is 0 Å². The number of esters is 2. The van der Waals surface area contributed by atoms with Crippen LogP contribution in [-0.4, -0.2) is 11.9 Å². The van der Waals surface area contributed by atoms with Crippen molar-refractivity contribution in [1.29, 1.82) is 0 Å². The van der Waals surface area contributed by atoms with E-state index in [1.165, 1.54) is 18.4 Å². The Hall–Kier alpha value is -2.56. The second-order valence-electron chi connectivity index (χ2n) is 3.65. The third-order valence-electron chi connectivity index (χ3n) is 2.44. The van der Waals surface area contributed by atoms with E-state index in [1.54, 1.807) is 25.1 Å². The lowest BCUT2D eigenvalue weighted by atomic mass is 10.2. The summed E-state index contributed by atoms with van der Waals surface area (Å²) in [6.07, 6.45) is 1.35. The third-order valence-corrected chi connectivity index (χ3v) is 2.44. The van der Waals surface area contributed by atoms with Gasteiger partial charge in [0.2, 0.25) is 0 Å². The quantitative estimate of drug-likeness (QED) is 0.498. The van der Waals surface area contributed by atoms with Gasteiger partial charge in [0.1, 0.15) is 11.3 Å². The van der Waals surface area contributed by atoms with Crippen molar-refractivity contribution >= 4 is 17.6 Å². The molecule has 0 fully saturated rings. The van der Waals surface area contributed by atoms with Gasteiger partial charge in [-0.2, -0.15) is 0 Å². The molecule has 0 amide bonds. The molecule has 0 aliphatic rings. The maximum atomic E-state index is 11.7. The van der Waals surface area contributed by atoms with Gasteiger partial charge in [0.25, 0.3) is 0 Å². The number of ether oxygens (including phenoxy) is 1. The Labute approximate surface area is 103 Å². The van der Waals surface area contributed by atoms with Crippen LogP contribution in [-0.2, 0) is 4.74 Å². The fourth-order valence-corrected chi connectivity index (χ4v) is 1.47. The first-order valence-electron chi connectivity index (χ1n) is 5.24. The number of rotatable bonds is 2. The summed E-state index contributed by atoms with van der Waals surface area (Å²) >= 11 is 0. The van der Waals surface area contributed by atoms with Crippen molar-refractivity contribution in [3.63, 3.8) is 0 Å². The first-order chi connectivity index (χ1) is 8.59. The average molecular weight is 245 g/mol. The predicted octanol–water partition coefficient (Wildman–Crippen LogP) is 2.17. The summed E-state index contributed by atoms with van der Waals surface area (Å²) in [4.78, 5) is 23.4. The molecule has 5 nitrogen and oxygen atoms in total. The minimum Gasteiger partial charge on any atom is -0.469 e. The molecule has 1 heterocycles. The van der Waals surface area contributed by atoms with Gasteiger partial charge in [0.15, 0.2) is 0 Å². The lowest BCUT2D eigenvalue weighted by Crippen LogP contribution is -2.14. The van der Waals surface area contributed by atoms with Gasteiger partial charge in [-0.3, -0.25) is 0 Å². The molecular formula is C13H11NO4. The SMILES string of the molecule is Cc1occc1C(=O)OC(=O)c1ccccc1N. The van der Waals surface area contributed by atoms with Crippen molar-refractivity contribution in [1.82, 2.24) is 0 Å². The molecule has 18 heavy (non-hydrogen) atoms. The van der Waals surface area contributed by atoms with Crippen LogP contribution < -0.4 is 5.73 Å². The summed E-state index contributed by atoms with van der Waals surface area (Å²) in [6, 6.07) is 7.82. The summed E-state index contributed by atoms with van der Waals surface area (Å²) in [7, 11) is 0. The molecule has 0 radical (unpaired) electrons. The molecule has 5 heteroatoms. The monoisotopic (exact) mass is 245 g/mol. The number of anilines is 1. The van der Waals surface area contributed by atoms with E-state index in [0.29, 0.717) is 5.76 Å². The van der Waals surface area contributed by atoms with Crippen LogP contribution in [0.4, 0.5) is 5.69 Å². The van der Waals surface area contributed by atoms with Gasteiger partial charge in [-0.05, 0) is 25.1 Å². The minimum absolute atomic E-state index is 0.159. The molecule has 0 saturated heterocycles. The van der Waals surface area contributed by atoms with Gasteiger partial charge in [-0.15, -0.1) is 0 Å².